The van der Waals surface area contributed by atoms with E-state index in [2.05, 4.69) is 36.1 Å². The van der Waals surface area contributed by atoms with E-state index in [0.717, 1.165) is 43.0 Å². The van der Waals surface area contributed by atoms with Gasteiger partial charge in [-0.3, -0.25) is 0 Å². The Morgan fingerprint density at radius 3 is 2.79 bits per heavy atom. The van der Waals surface area contributed by atoms with E-state index < -0.39 is 0 Å². The van der Waals surface area contributed by atoms with Crippen LogP contribution in [-0.4, -0.2) is 23.1 Å². The van der Waals surface area contributed by atoms with Crippen molar-refractivity contribution < 1.29 is 4.74 Å². The molecule has 1 saturated carbocycles. The molecule has 0 aliphatic heterocycles. The van der Waals surface area contributed by atoms with Gasteiger partial charge in [-0.15, -0.1) is 0 Å². The van der Waals surface area contributed by atoms with Crippen molar-refractivity contribution in [1.82, 2.24) is 9.97 Å². The zero-order valence-electron chi connectivity index (χ0n) is 12.3. The minimum atomic E-state index is 0.552. The molecular weight excluding hydrogens is 238 g/mol. The van der Waals surface area contributed by atoms with Crippen LogP contribution in [-0.2, 0) is 0 Å². The maximum atomic E-state index is 5.77. The van der Waals surface area contributed by atoms with Crippen molar-refractivity contribution in [2.75, 3.05) is 18.5 Å². The fourth-order valence-electron chi connectivity index (χ4n) is 1.98. The van der Waals surface area contributed by atoms with E-state index in [4.69, 9.17) is 4.74 Å². The number of ether oxygens (including phenoxy) is 1. The van der Waals surface area contributed by atoms with Gasteiger partial charge in [-0.1, -0.05) is 13.8 Å². The third-order valence-corrected chi connectivity index (χ3v) is 3.20. The molecule has 1 aromatic rings. The lowest BCUT2D eigenvalue weighted by atomic mass is 10.1. The number of hydrogen-bond donors (Lipinski definition) is 1. The highest BCUT2D eigenvalue weighted by molar-refractivity contribution is 5.39. The first-order chi connectivity index (χ1) is 9.19. The van der Waals surface area contributed by atoms with E-state index in [1.165, 1.54) is 19.3 Å². The summed E-state index contributed by atoms with van der Waals surface area (Å²) < 4.78 is 5.77. The predicted octanol–water partition coefficient (Wildman–Crippen LogP) is 3.60. The molecule has 1 fully saturated rings. The molecule has 0 saturated heterocycles. The van der Waals surface area contributed by atoms with Crippen LogP contribution in [0.4, 0.5) is 5.82 Å². The topological polar surface area (TPSA) is 47.0 Å². The second-order valence-corrected chi connectivity index (χ2v) is 5.64. The summed E-state index contributed by atoms with van der Waals surface area (Å²) in [5.41, 5.74) is 0. The van der Waals surface area contributed by atoms with Gasteiger partial charge < -0.3 is 10.1 Å². The van der Waals surface area contributed by atoms with Crippen molar-refractivity contribution in [1.29, 1.82) is 0 Å². The normalized spacial score (nSPS) is 14.7. The summed E-state index contributed by atoms with van der Waals surface area (Å²) in [5, 5.41) is 3.25. The van der Waals surface area contributed by atoms with Crippen molar-refractivity contribution in [2.24, 2.45) is 5.92 Å². The molecule has 0 aromatic carbocycles. The third-order valence-electron chi connectivity index (χ3n) is 3.20. The maximum absolute atomic E-state index is 5.77. The molecule has 1 heterocycles. The Balaban J connectivity index is 1.94. The fourth-order valence-corrected chi connectivity index (χ4v) is 1.98. The monoisotopic (exact) mass is 263 g/mol. The fraction of sp³-hybridized carbons (Fsp3) is 0.733. The molecule has 2 rings (SSSR count). The number of hydrogen-bond acceptors (Lipinski definition) is 4. The number of nitrogens with one attached hydrogen (secondary N) is 1. The van der Waals surface area contributed by atoms with Crippen molar-refractivity contribution >= 4 is 5.82 Å². The quantitative estimate of drug-likeness (QED) is 0.728. The molecule has 1 aromatic heterocycles. The minimum Gasteiger partial charge on any atom is -0.478 e. The van der Waals surface area contributed by atoms with Crippen LogP contribution in [0.25, 0.3) is 0 Å². The molecule has 0 radical (unpaired) electrons. The van der Waals surface area contributed by atoms with Gasteiger partial charge in [0.15, 0.2) is 0 Å². The summed E-state index contributed by atoms with van der Waals surface area (Å²) in [5.74, 6) is 3.83. The molecule has 1 aliphatic carbocycles. The first-order valence-corrected chi connectivity index (χ1v) is 7.44. The van der Waals surface area contributed by atoms with Gasteiger partial charge in [0.05, 0.1) is 6.61 Å². The average Bonchev–Trinajstić information content (AvgIpc) is 3.19. The summed E-state index contributed by atoms with van der Waals surface area (Å²) in [7, 11) is 0. The molecule has 0 unspecified atom stereocenters. The van der Waals surface area contributed by atoms with Crippen LogP contribution < -0.4 is 10.1 Å². The minimum absolute atomic E-state index is 0.552. The van der Waals surface area contributed by atoms with Crippen LogP contribution in [0, 0.1) is 5.92 Å². The second kappa shape index (κ2) is 6.73. The summed E-state index contributed by atoms with van der Waals surface area (Å²) in [6.45, 7) is 8.15. The molecule has 4 heteroatoms. The van der Waals surface area contributed by atoms with E-state index >= 15 is 0 Å². The van der Waals surface area contributed by atoms with Gasteiger partial charge in [0, 0.05) is 18.5 Å². The molecule has 4 nitrogen and oxygen atoms in total. The van der Waals surface area contributed by atoms with Crippen LogP contribution >= 0.6 is 0 Å². The highest BCUT2D eigenvalue weighted by Gasteiger charge is 2.27. The van der Waals surface area contributed by atoms with Crippen LogP contribution in [0.1, 0.15) is 58.2 Å². The highest BCUT2D eigenvalue weighted by atomic mass is 16.5. The Hall–Kier alpha value is -1.32. The maximum Gasteiger partial charge on any atom is 0.218 e. The predicted molar refractivity (Wildman–Crippen MR) is 77.7 cm³/mol. The summed E-state index contributed by atoms with van der Waals surface area (Å²) in [4.78, 5) is 9.06. The molecule has 0 amide bonds. The van der Waals surface area contributed by atoms with E-state index in [1.54, 1.807) is 0 Å². The first-order valence-electron chi connectivity index (χ1n) is 7.44. The average molecular weight is 263 g/mol. The zero-order chi connectivity index (χ0) is 13.7. The molecular formula is C15H25N3O. The van der Waals surface area contributed by atoms with Gasteiger partial charge >= 0.3 is 0 Å². The van der Waals surface area contributed by atoms with Gasteiger partial charge in [-0.25, -0.2) is 4.98 Å². The van der Waals surface area contributed by atoms with Crippen molar-refractivity contribution in [3.05, 3.63) is 11.9 Å². The van der Waals surface area contributed by atoms with Crippen LogP contribution in [0.3, 0.4) is 0 Å². The number of rotatable bonds is 8. The van der Waals surface area contributed by atoms with E-state index in [1.807, 2.05) is 6.07 Å². The Bertz CT molecular complexity index is 402. The van der Waals surface area contributed by atoms with Crippen molar-refractivity contribution in [3.63, 3.8) is 0 Å². The Labute approximate surface area is 116 Å². The lowest BCUT2D eigenvalue weighted by Gasteiger charge is -2.10. The highest BCUT2D eigenvalue weighted by Crippen LogP contribution is 2.39. The number of anilines is 1. The molecule has 1 aliphatic rings. The van der Waals surface area contributed by atoms with E-state index in [9.17, 15) is 0 Å². The lowest BCUT2D eigenvalue weighted by molar-refractivity contribution is 0.286. The number of nitrogens with zero attached hydrogens (tertiary/aromatic N) is 2. The smallest absolute Gasteiger partial charge is 0.218 e. The standard InChI is InChI=1S/C15H25N3O/c1-4-16-13-10-14(19-9-5-6-11(2)3)18-15(17-13)12-7-8-12/h10-12H,4-9H2,1-3H3,(H,16,17,18). The molecule has 19 heavy (non-hydrogen) atoms. The van der Waals surface area contributed by atoms with Crippen LogP contribution in [0.2, 0.25) is 0 Å². The van der Waals surface area contributed by atoms with Gasteiger partial charge in [0.25, 0.3) is 0 Å². The van der Waals surface area contributed by atoms with Gasteiger partial charge in [-0.05, 0) is 38.5 Å². The third kappa shape index (κ3) is 4.69. The first kappa shape index (κ1) is 14.1. The lowest BCUT2D eigenvalue weighted by Crippen LogP contribution is -2.07. The second-order valence-electron chi connectivity index (χ2n) is 5.64. The Morgan fingerprint density at radius 1 is 1.37 bits per heavy atom. The number of aromatic nitrogens is 2. The Morgan fingerprint density at radius 2 is 2.16 bits per heavy atom. The molecule has 106 valence electrons. The van der Waals surface area contributed by atoms with Crippen molar-refractivity contribution in [2.45, 2.75) is 52.4 Å². The van der Waals surface area contributed by atoms with Crippen LogP contribution in [0.5, 0.6) is 5.88 Å². The van der Waals surface area contributed by atoms with Gasteiger partial charge in [0.1, 0.15) is 11.6 Å². The van der Waals surface area contributed by atoms with Gasteiger partial charge in [0.2, 0.25) is 5.88 Å². The van der Waals surface area contributed by atoms with E-state index in [-0.39, 0.29) is 0 Å². The SMILES string of the molecule is CCNc1cc(OCCCC(C)C)nc(C2CC2)n1. The van der Waals surface area contributed by atoms with Crippen LogP contribution in [0.15, 0.2) is 6.07 Å². The summed E-state index contributed by atoms with van der Waals surface area (Å²) >= 11 is 0. The molecule has 0 bridgehead atoms. The summed E-state index contributed by atoms with van der Waals surface area (Å²) in [6.07, 6.45) is 4.70. The molecule has 0 atom stereocenters. The van der Waals surface area contributed by atoms with Crippen molar-refractivity contribution in [3.8, 4) is 5.88 Å². The molecule has 1 N–H and O–H groups in total. The van der Waals surface area contributed by atoms with E-state index in [0.29, 0.717) is 5.92 Å². The largest absolute Gasteiger partial charge is 0.478 e. The zero-order valence-corrected chi connectivity index (χ0v) is 12.3. The van der Waals surface area contributed by atoms with Gasteiger partial charge in [-0.2, -0.15) is 4.98 Å². The summed E-state index contributed by atoms with van der Waals surface area (Å²) in [6, 6.07) is 1.91. The Kier molecular flexibility index (Phi) is 5.00. The molecule has 0 spiro atoms.